The van der Waals surface area contributed by atoms with Crippen molar-refractivity contribution < 1.29 is 37.3 Å². The summed E-state index contributed by atoms with van der Waals surface area (Å²) >= 11 is 0. The van der Waals surface area contributed by atoms with Crippen molar-refractivity contribution in [3.8, 4) is 5.75 Å². The number of nitrogens with two attached hydrogens (primary N) is 1. The monoisotopic (exact) mass is 297 g/mol. The summed E-state index contributed by atoms with van der Waals surface area (Å²) in [6.07, 6.45) is -12.5. The molecule has 0 saturated carbocycles. The number of hydrogen-bond donors (Lipinski definition) is 3. The lowest BCUT2D eigenvalue weighted by molar-refractivity contribution is -0.253. The van der Waals surface area contributed by atoms with Crippen LogP contribution >= 0.6 is 0 Å². The van der Waals surface area contributed by atoms with Crippen LogP contribution in [0.15, 0.2) is 24.3 Å². The van der Waals surface area contributed by atoms with Crippen LogP contribution in [0.4, 0.5) is 17.6 Å². The number of halogens is 4. The van der Waals surface area contributed by atoms with Gasteiger partial charge in [-0.05, 0) is 17.7 Å². The Bertz CT molecular complexity index is 483. The average molecular weight is 297 g/mol. The van der Waals surface area contributed by atoms with Gasteiger partial charge in [0, 0.05) is 0 Å². The number of hydrogen-bond acceptors (Lipinski definition) is 4. The first-order chi connectivity index (χ1) is 9.15. The van der Waals surface area contributed by atoms with E-state index in [1.807, 2.05) is 0 Å². The Balaban J connectivity index is 2.94. The molecule has 4 N–H and O–H groups in total. The zero-order chi connectivity index (χ0) is 15.5. The smallest absolute Gasteiger partial charge is 0.428 e. The number of amides is 1. The number of alkyl halides is 4. The van der Waals surface area contributed by atoms with Gasteiger partial charge < -0.3 is 20.7 Å². The highest BCUT2D eigenvalue weighted by atomic mass is 19.3. The number of aliphatic hydroxyl groups is 2. The summed E-state index contributed by atoms with van der Waals surface area (Å²) in [5.41, 5.74) is 4.56. The van der Waals surface area contributed by atoms with Crippen LogP contribution < -0.4 is 10.5 Å². The minimum atomic E-state index is -4.70. The maximum absolute atomic E-state index is 12.7. The van der Waals surface area contributed by atoms with Crippen molar-refractivity contribution >= 4 is 5.91 Å². The molecule has 1 amide bonds. The topological polar surface area (TPSA) is 92.8 Å². The molecule has 0 aliphatic carbocycles. The third-order valence-corrected chi connectivity index (χ3v) is 2.30. The summed E-state index contributed by atoms with van der Waals surface area (Å²) < 4.78 is 53.1. The molecule has 0 radical (unpaired) electrons. The first-order valence-electron chi connectivity index (χ1n) is 5.25. The number of carbonyl (C=O) groups is 1. The van der Waals surface area contributed by atoms with E-state index < -0.39 is 36.4 Å². The van der Waals surface area contributed by atoms with E-state index in [-0.39, 0.29) is 5.56 Å². The number of carbonyl (C=O) groups excluding carboxylic acids is 1. The van der Waals surface area contributed by atoms with Crippen LogP contribution in [0.1, 0.15) is 11.7 Å². The van der Waals surface area contributed by atoms with Gasteiger partial charge in [-0.1, -0.05) is 12.1 Å². The van der Waals surface area contributed by atoms with Gasteiger partial charge in [0.05, 0.1) is 0 Å². The van der Waals surface area contributed by atoms with E-state index in [9.17, 15) is 32.6 Å². The second kappa shape index (κ2) is 6.06. The van der Waals surface area contributed by atoms with Crippen molar-refractivity contribution in [1.29, 1.82) is 0 Å². The number of benzene rings is 1. The summed E-state index contributed by atoms with van der Waals surface area (Å²) in [5, 5.41) is 18.8. The minimum absolute atomic E-state index is 0.195. The minimum Gasteiger partial charge on any atom is -0.428 e. The van der Waals surface area contributed by atoms with Crippen LogP contribution in [0.5, 0.6) is 5.75 Å². The number of ether oxygens (including phenoxy) is 1. The standard InChI is InChI=1S/C11H11F4NO4/c12-10(13)11(14,15)20-6-3-1-2-5(4-6)7(17)8(18)9(16)19/h1-4,7-8,10,17-18H,(H2,16,19). The molecule has 0 aromatic heterocycles. The Morgan fingerprint density at radius 3 is 2.40 bits per heavy atom. The van der Waals surface area contributed by atoms with E-state index in [4.69, 9.17) is 5.73 Å². The van der Waals surface area contributed by atoms with Crippen LogP contribution in [0.25, 0.3) is 0 Å². The van der Waals surface area contributed by atoms with E-state index in [1.165, 1.54) is 6.07 Å². The molecule has 0 saturated heterocycles. The first-order valence-corrected chi connectivity index (χ1v) is 5.25. The molecule has 0 aliphatic heterocycles. The largest absolute Gasteiger partial charge is 0.461 e. The van der Waals surface area contributed by atoms with E-state index in [0.717, 1.165) is 18.2 Å². The molecule has 1 aromatic rings. The molecule has 20 heavy (non-hydrogen) atoms. The number of aliphatic hydroxyl groups excluding tert-OH is 2. The van der Waals surface area contributed by atoms with Crippen molar-refractivity contribution in [3.63, 3.8) is 0 Å². The summed E-state index contributed by atoms with van der Waals surface area (Å²) in [5.74, 6) is -1.90. The first kappa shape index (κ1) is 16.2. The zero-order valence-corrected chi connectivity index (χ0v) is 9.84. The molecule has 2 unspecified atom stereocenters. The van der Waals surface area contributed by atoms with Crippen LogP contribution in [-0.2, 0) is 4.79 Å². The number of primary amides is 1. The molecule has 0 heterocycles. The highest BCUT2D eigenvalue weighted by Gasteiger charge is 2.44. The molecule has 1 aromatic carbocycles. The summed E-state index contributed by atoms with van der Waals surface area (Å²) in [6.45, 7) is 0. The van der Waals surface area contributed by atoms with Gasteiger partial charge in [0.2, 0.25) is 5.91 Å². The quantitative estimate of drug-likeness (QED) is 0.677. The predicted octanol–water partition coefficient (Wildman–Crippen LogP) is 0.803. The van der Waals surface area contributed by atoms with Gasteiger partial charge in [-0.2, -0.15) is 17.6 Å². The van der Waals surface area contributed by atoms with E-state index in [2.05, 4.69) is 4.74 Å². The van der Waals surface area contributed by atoms with Crippen molar-refractivity contribution in [2.45, 2.75) is 24.7 Å². The lowest BCUT2D eigenvalue weighted by Crippen LogP contribution is -2.34. The maximum Gasteiger partial charge on any atom is 0.461 e. The fourth-order valence-electron chi connectivity index (χ4n) is 1.30. The van der Waals surface area contributed by atoms with Crippen LogP contribution in [0, 0.1) is 0 Å². The Labute approximate surface area is 110 Å². The Kier molecular flexibility index (Phi) is 4.90. The van der Waals surface area contributed by atoms with Crippen LogP contribution in [-0.4, -0.2) is 34.8 Å². The highest BCUT2D eigenvalue weighted by Crippen LogP contribution is 2.29. The van der Waals surface area contributed by atoms with E-state index in [1.54, 1.807) is 0 Å². The average Bonchev–Trinajstić information content (AvgIpc) is 2.36. The van der Waals surface area contributed by atoms with Crippen LogP contribution in [0.2, 0.25) is 0 Å². The summed E-state index contributed by atoms with van der Waals surface area (Å²) in [4.78, 5) is 10.7. The molecular formula is C11H11F4NO4. The third kappa shape index (κ3) is 3.81. The normalized spacial score (nSPS) is 14.9. The summed E-state index contributed by atoms with van der Waals surface area (Å²) in [7, 11) is 0. The highest BCUT2D eigenvalue weighted by molar-refractivity contribution is 5.79. The van der Waals surface area contributed by atoms with Crippen molar-refractivity contribution in [2.24, 2.45) is 5.73 Å². The van der Waals surface area contributed by atoms with E-state index >= 15 is 0 Å². The van der Waals surface area contributed by atoms with Gasteiger partial charge in [0.15, 0.2) is 6.10 Å². The van der Waals surface area contributed by atoms with E-state index in [0.29, 0.717) is 0 Å². The predicted molar refractivity (Wildman–Crippen MR) is 58.2 cm³/mol. The fraction of sp³-hybridized carbons (Fsp3) is 0.364. The van der Waals surface area contributed by atoms with Gasteiger partial charge in [-0.3, -0.25) is 4.79 Å². The van der Waals surface area contributed by atoms with Crippen molar-refractivity contribution in [1.82, 2.24) is 0 Å². The zero-order valence-electron chi connectivity index (χ0n) is 9.84. The molecule has 1 rings (SSSR count). The van der Waals surface area contributed by atoms with Crippen molar-refractivity contribution in [2.75, 3.05) is 0 Å². The molecule has 0 aliphatic rings. The molecular weight excluding hydrogens is 286 g/mol. The van der Waals surface area contributed by atoms with Crippen molar-refractivity contribution in [3.05, 3.63) is 29.8 Å². The van der Waals surface area contributed by atoms with Crippen LogP contribution in [0.3, 0.4) is 0 Å². The second-order valence-corrected chi connectivity index (χ2v) is 3.83. The summed E-state index contributed by atoms with van der Waals surface area (Å²) in [6, 6.07) is 4.02. The maximum atomic E-state index is 12.7. The molecule has 112 valence electrons. The molecule has 0 fully saturated rings. The molecule has 2 atom stereocenters. The lowest BCUT2D eigenvalue weighted by atomic mass is 10.0. The lowest BCUT2D eigenvalue weighted by Gasteiger charge is -2.19. The SMILES string of the molecule is NC(=O)C(O)C(O)c1cccc(OC(F)(F)C(F)F)c1. The third-order valence-electron chi connectivity index (χ3n) is 2.30. The molecule has 9 heteroatoms. The number of rotatable bonds is 6. The van der Waals surface area contributed by atoms with Gasteiger partial charge in [0.25, 0.3) is 0 Å². The van der Waals surface area contributed by atoms with Gasteiger partial charge >= 0.3 is 12.5 Å². The van der Waals surface area contributed by atoms with Gasteiger partial charge in [-0.25, -0.2) is 0 Å². The molecule has 5 nitrogen and oxygen atoms in total. The molecule has 0 spiro atoms. The van der Waals surface area contributed by atoms with Gasteiger partial charge in [-0.15, -0.1) is 0 Å². The Morgan fingerprint density at radius 2 is 1.90 bits per heavy atom. The Hall–Kier alpha value is -1.87. The fourth-order valence-corrected chi connectivity index (χ4v) is 1.30. The Morgan fingerprint density at radius 1 is 1.30 bits per heavy atom. The van der Waals surface area contributed by atoms with Gasteiger partial charge in [0.1, 0.15) is 11.9 Å². The second-order valence-electron chi connectivity index (χ2n) is 3.83. The molecule has 0 bridgehead atoms.